The zero-order valence-electron chi connectivity index (χ0n) is 11.5. The van der Waals surface area contributed by atoms with E-state index in [1.54, 1.807) is 0 Å². The molecule has 0 aromatic heterocycles. The molecule has 1 N–H and O–H groups in total. The molecule has 0 radical (unpaired) electrons. The van der Waals surface area contributed by atoms with Crippen molar-refractivity contribution in [1.29, 1.82) is 0 Å². The van der Waals surface area contributed by atoms with Gasteiger partial charge in [0.05, 0.1) is 5.92 Å². The minimum Gasteiger partial charge on any atom is -0.481 e. The SMILES string of the molecule is C[C@@H]1CC[C@@H](C(=O)O)CN1C(=O)OCc1ccccc1. The van der Waals surface area contributed by atoms with Crippen molar-refractivity contribution in [3.05, 3.63) is 35.9 Å². The lowest BCUT2D eigenvalue weighted by Gasteiger charge is -2.35. The molecule has 108 valence electrons. The Balaban J connectivity index is 1.91. The third kappa shape index (κ3) is 3.50. The largest absolute Gasteiger partial charge is 0.481 e. The number of hydrogen-bond donors (Lipinski definition) is 1. The zero-order chi connectivity index (χ0) is 14.5. The highest BCUT2D eigenvalue weighted by atomic mass is 16.6. The molecular formula is C15H19NO4. The van der Waals surface area contributed by atoms with Gasteiger partial charge in [-0.2, -0.15) is 0 Å². The van der Waals surface area contributed by atoms with Crippen molar-refractivity contribution in [3.8, 4) is 0 Å². The molecule has 1 aromatic rings. The van der Waals surface area contributed by atoms with Crippen LogP contribution in [0.25, 0.3) is 0 Å². The van der Waals surface area contributed by atoms with Crippen LogP contribution >= 0.6 is 0 Å². The van der Waals surface area contributed by atoms with Crippen LogP contribution in [0.3, 0.4) is 0 Å². The molecule has 5 heteroatoms. The van der Waals surface area contributed by atoms with Crippen LogP contribution < -0.4 is 0 Å². The Morgan fingerprint density at radius 3 is 2.65 bits per heavy atom. The first kappa shape index (κ1) is 14.4. The first-order valence-corrected chi connectivity index (χ1v) is 6.78. The Morgan fingerprint density at radius 1 is 1.30 bits per heavy atom. The average Bonchev–Trinajstić information content (AvgIpc) is 2.46. The first-order chi connectivity index (χ1) is 9.58. The lowest BCUT2D eigenvalue weighted by atomic mass is 9.94. The van der Waals surface area contributed by atoms with Gasteiger partial charge >= 0.3 is 12.1 Å². The molecule has 1 aromatic carbocycles. The molecule has 2 rings (SSSR count). The highest BCUT2D eigenvalue weighted by Gasteiger charge is 2.33. The van der Waals surface area contributed by atoms with E-state index >= 15 is 0 Å². The quantitative estimate of drug-likeness (QED) is 0.921. The van der Waals surface area contributed by atoms with Crippen molar-refractivity contribution in [2.75, 3.05) is 6.54 Å². The second kappa shape index (κ2) is 6.41. The van der Waals surface area contributed by atoms with Crippen molar-refractivity contribution < 1.29 is 19.4 Å². The van der Waals surface area contributed by atoms with E-state index in [2.05, 4.69) is 0 Å². The Morgan fingerprint density at radius 2 is 2.00 bits per heavy atom. The summed E-state index contributed by atoms with van der Waals surface area (Å²) in [5.74, 6) is -1.34. The van der Waals surface area contributed by atoms with Gasteiger partial charge < -0.3 is 14.7 Å². The fourth-order valence-electron chi connectivity index (χ4n) is 2.37. The number of nitrogens with zero attached hydrogens (tertiary/aromatic N) is 1. The molecule has 5 nitrogen and oxygen atoms in total. The predicted molar refractivity (Wildman–Crippen MR) is 73.2 cm³/mol. The number of likely N-dealkylation sites (tertiary alicyclic amines) is 1. The number of carboxylic acids is 1. The number of piperidine rings is 1. The zero-order valence-corrected chi connectivity index (χ0v) is 11.5. The van der Waals surface area contributed by atoms with Crippen LogP contribution in [0.2, 0.25) is 0 Å². The van der Waals surface area contributed by atoms with E-state index in [9.17, 15) is 9.59 Å². The highest BCUT2D eigenvalue weighted by molar-refractivity contribution is 5.73. The van der Waals surface area contributed by atoms with Crippen LogP contribution in [0.5, 0.6) is 0 Å². The highest BCUT2D eigenvalue weighted by Crippen LogP contribution is 2.23. The van der Waals surface area contributed by atoms with Gasteiger partial charge in [0, 0.05) is 12.6 Å². The summed E-state index contributed by atoms with van der Waals surface area (Å²) in [7, 11) is 0. The van der Waals surface area contributed by atoms with E-state index in [4.69, 9.17) is 9.84 Å². The standard InChI is InChI=1S/C15H19NO4/c1-11-7-8-13(14(17)18)9-16(11)15(19)20-10-12-5-3-2-4-6-12/h2-6,11,13H,7-10H2,1H3,(H,17,18)/t11-,13-/m1/s1. The smallest absolute Gasteiger partial charge is 0.410 e. The fraction of sp³-hybridized carbons (Fsp3) is 0.467. The Hall–Kier alpha value is -2.04. The van der Waals surface area contributed by atoms with Gasteiger partial charge in [0.25, 0.3) is 0 Å². The summed E-state index contributed by atoms with van der Waals surface area (Å²) in [5, 5.41) is 9.05. The molecule has 1 fully saturated rings. The average molecular weight is 277 g/mol. The van der Waals surface area contributed by atoms with Gasteiger partial charge in [0.1, 0.15) is 6.61 Å². The molecule has 0 bridgehead atoms. The van der Waals surface area contributed by atoms with Crippen LogP contribution in [0.15, 0.2) is 30.3 Å². The molecule has 1 saturated heterocycles. The number of benzene rings is 1. The van der Waals surface area contributed by atoms with Crippen molar-refractivity contribution in [2.45, 2.75) is 32.4 Å². The van der Waals surface area contributed by atoms with E-state index in [1.807, 2.05) is 37.3 Å². The van der Waals surface area contributed by atoms with E-state index < -0.39 is 18.0 Å². The molecule has 1 amide bonds. The number of rotatable bonds is 3. The van der Waals surface area contributed by atoms with Crippen molar-refractivity contribution in [1.82, 2.24) is 4.90 Å². The van der Waals surface area contributed by atoms with E-state index in [1.165, 1.54) is 4.90 Å². The topological polar surface area (TPSA) is 66.8 Å². The number of carbonyl (C=O) groups excluding carboxylic acids is 1. The molecule has 1 aliphatic heterocycles. The predicted octanol–water partition coefficient (Wildman–Crippen LogP) is 2.51. The van der Waals surface area contributed by atoms with Crippen LogP contribution in [0.1, 0.15) is 25.3 Å². The number of carboxylic acid groups (broad SMARTS) is 1. The van der Waals surface area contributed by atoms with Crippen LogP contribution in [-0.4, -0.2) is 34.7 Å². The first-order valence-electron chi connectivity index (χ1n) is 6.78. The molecule has 0 saturated carbocycles. The van der Waals surface area contributed by atoms with Gasteiger partial charge in [-0.1, -0.05) is 30.3 Å². The fourth-order valence-corrected chi connectivity index (χ4v) is 2.37. The van der Waals surface area contributed by atoms with Gasteiger partial charge in [-0.3, -0.25) is 4.79 Å². The third-order valence-electron chi connectivity index (χ3n) is 3.67. The maximum absolute atomic E-state index is 12.1. The number of hydrogen-bond acceptors (Lipinski definition) is 3. The van der Waals surface area contributed by atoms with Gasteiger partial charge in [-0.05, 0) is 25.3 Å². The number of amides is 1. The minimum atomic E-state index is -0.849. The lowest BCUT2D eigenvalue weighted by Crippen LogP contribution is -2.47. The molecule has 0 unspecified atom stereocenters. The summed E-state index contributed by atoms with van der Waals surface area (Å²) in [6.45, 7) is 2.35. The summed E-state index contributed by atoms with van der Waals surface area (Å²) < 4.78 is 5.26. The van der Waals surface area contributed by atoms with Crippen LogP contribution in [0, 0.1) is 5.92 Å². The number of carbonyl (C=O) groups is 2. The van der Waals surface area contributed by atoms with Crippen molar-refractivity contribution >= 4 is 12.1 Å². The van der Waals surface area contributed by atoms with Crippen LogP contribution in [0.4, 0.5) is 4.79 Å². The van der Waals surface area contributed by atoms with Gasteiger partial charge in [0.15, 0.2) is 0 Å². The van der Waals surface area contributed by atoms with Gasteiger partial charge in [-0.15, -0.1) is 0 Å². The van der Waals surface area contributed by atoms with Crippen molar-refractivity contribution in [2.24, 2.45) is 5.92 Å². The summed E-state index contributed by atoms with van der Waals surface area (Å²) in [5.41, 5.74) is 0.917. The third-order valence-corrected chi connectivity index (χ3v) is 3.67. The Kier molecular flexibility index (Phi) is 4.61. The van der Waals surface area contributed by atoms with E-state index in [0.29, 0.717) is 12.8 Å². The second-order valence-electron chi connectivity index (χ2n) is 5.15. The van der Waals surface area contributed by atoms with Crippen LogP contribution in [-0.2, 0) is 16.1 Å². The molecule has 0 spiro atoms. The summed E-state index contributed by atoms with van der Waals surface area (Å²) in [4.78, 5) is 24.6. The Labute approximate surface area is 118 Å². The summed E-state index contributed by atoms with van der Waals surface area (Å²) >= 11 is 0. The van der Waals surface area contributed by atoms with E-state index in [-0.39, 0.29) is 19.2 Å². The molecule has 1 aliphatic rings. The summed E-state index contributed by atoms with van der Waals surface area (Å²) in [6.07, 6.45) is 0.864. The summed E-state index contributed by atoms with van der Waals surface area (Å²) in [6, 6.07) is 9.45. The van der Waals surface area contributed by atoms with Gasteiger partial charge in [0.2, 0.25) is 0 Å². The number of aliphatic carboxylic acids is 1. The van der Waals surface area contributed by atoms with E-state index in [0.717, 1.165) is 5.56 Å². The molecule has 2 atom stereocenters. The lowest BCUT2D eigenvalue weighted by molar-refractivity contribution is -0.143. The molecule has 1 heterocycles. The second-order valence-corrected chi connectivity index (χ2v) is 5.15. The normalized spacial score (nSPS) is 22.4. The number of ether oxygens (including phenoxy) is 1. The maximum atomic E-state index is 12.1. The Bertz CT molecular complexity index is 474. The molecular weight excluding hydrogens is 258 g/mol. The molecule has 0 aliphatic carbocycles. The monoisotopic (exact) mass is 277 g/mol. The molecule has 20 heavy (non-hydrogen) atoms. The van der Waals surface area contributed by atoms with Gasteiger partial charge in [-0.25, -0.2) is 4.79 Å². The van der Waals surface area contributed by atoms with Crippen molar-refractivity contribution in [3.63, 3.8) is 0 Å². The maximum Gasteiger partial charge on any atom is 0.410 e. The minimum absolute atomic E-state index is 0.0221.